The summed E-state index contributed by atoms with van der Waals surface area (Å²) in [6, 6.07) is 8.99. The minimum absolute atomic E-state index is 0.0847. The Bertz CT molecular complexity index is 914. The second kappa shape index (κ2) is 8.03. The van der Waals surface area contributed by atoms with Gasteiger partial charge in [-0.3, -0.25) is 14.9 Å². The lowest BCUT2D eigenvalue weighted by Gasteiger charge is -2.27. The van der Waals surface area contributed by atoms with Crippen molar-refractivity contribution in [2.75, 3.05) is 0 Å². The Hall–Kier alpha value is -3.22. The summed E-state index contributed by atoms with van der Waals surface area (Å²) >= 11 is 0. The maximum Gasteiger partial charge on any atom is 0.271 e. The van der Waals surface area contributed by atoms with Crippen molar-refractivity contribution in [1.29, 1.82) is 0 Å². The molecule has 7 heteroatoms. The molecule has 154 valence electrons. The SMILES string of the molecule is CC(C)(C)c1cc(/C=N/NC(=O)c2ccc([N+](=O)[O-])cc2)cc(C(C)(C)C)c1O. The summed E-state index contributed by atoms with van der Waals surface area (Å²) in [7, 11) is 0. The number of hydrogen-bond donors (Lipinski definition) is 2. The Morgan fingerprint density at radius 3 is 1.93 bits per heavy atom. The number of hydrogen-bond acceptors (Lipinski definition) is 5. The van der Waals surface area contributed by atoms with E-state index in [2.05, 4.69) is 10.5 Å². The van der Waals surface area contributed by atoms with Gasteiger partial charge in [-0.25, -0.2) is 5.43 Å². The number of amides is 1. The third-order valence-electron chi connectivity index (χ3n) is 4.47. The summed E-state index contributed by atoms with van der Waals surface area (Å²) in [6.45, 7) is 12.1. The van der Waals surface area contributed by atoms with Crippen LogP contribution in [0.2, 0.25) is 0 Å². The van der Waals surface area contributed by atoms with Gasteiger partial charge in [-0.15, -0.1) is 0 Å². The van der Waals surface area contributed by atoms with Crippen molar-refractivity contribution in [3.05, 3.63) is 68.8 Å². The summed E-state index contributed by atoms with van der Waals surface area (Å²) in [5.41, 5.74) is 4.42. The number of nitrogens with zero attached hydrogens (tertiary/aromatic N) is 2. The minimum atomic E-state index is -0.524. The van der Waals surface area contributed by atoms with Crippen molar-refractivity contribution in [3.8, 4) is 5.75 Å². The van der Waals surface area contributed by atoms with E-state index >= 15 is 0 Å². The highest BCUT2D eigenvalue weighted by molar-refractivity contribution is 5.95. The van der Waals surface area contributed by atoms with E-state index < -0.39 is 10.8 Å². The zero-order valence-electron chi connectivity index (χ0n) is 17.6. The van der Waals surface area contributed by atoms with Crippen LogP contribution in [0.4, 0.5) is 5.69 Å². The van der Waals surface area contributed by atoms with Crippen molar-refractivity contribution in [1.82, 2.24) is 5.43 Å². The highest BCUT2D eigenvalue weighted by Crippen LogP contribution is 2.39. The smallest absolute Gasteiger partial charge is 0.271 e. The number of rotatable bonds is 4. The maximum absolute atomic E-state index is 12.2. The Morgan fingerprint density at radius 2 is 1.52 bits per heavy atom. The number of nitro groups is 1. The van der Waals surface area contributed by atoms with Crippen molar-refractivity contribution < 1.29 is 14.8 Å². The topological polar surface area (TPSA) is 105 Å². The Morgan fingerprint density at radius 1 is 1.03 bits per heavy atom. The quantitative estimate of drug-likeness (QED) is 0.445. The zero-order chi connectivity index (χ0) is 22.0. The molecule has 0 atom stereocenters. The average molecular weight is 397 g/mol. The standard InChI is InChI=1S/C22H27N3O4/c1-21(2,3)17-11-14(12-18(19(17)26)22(4,5)6)13-23-24-20(27)15-7-9-16(10-8-15)25(28)29/h7-13,26H,1-6H3,(H,24,27)/b23-13+. The van der Waals surface area contributed by atoms with E-state index in [1.54, 1.807) is 0 Å². The number of carbonyl (C=O) groups is 1. The van der Waals surface area contributed by atoms with Crippen LogP contribution in [0.1, 0.15) is 68.6 Å². The molecule has 2 aromatic carbocycles. The predicted molar refractivity (Wildman–Crippen MR) is 114 cm³/mol. The molecule has 0 fully saturated rings. The van der Waals surface area contributed by atoms with Gasteiger partial charge in [0.25, 0.3) is 11.6 Å². The average Bonchev–Trinajstić information content (AvgIpc) is 2.60. The van der Waals surface area contributed by atoms with Crippen LogP contribution in [-0.2, 0) is 10.8 Å². The number of nitro benzene ring substituents is 1. The molecule has 0 aromatic heterocycles. The van der Waals surface area contributed by atoms with Crippen LogP contribution >= 0.6 is 0 Å². The number of nitrogens with one attached hydrogen (secondary N) is 1. The van der Waals surface area contributed by atoms with Crippen LogP contribution in [0.5, 0.6) is 5.75 Å². The first-order chi connectivity index (χ1) is 13.3. The normalized spacial score (nSPS) is 12.2. The monoisotopic (exact) mass is 397 g/mol. The van der Waals surface area contributed by atoms with Crippen LogP contribution < -0.4 is 5.43 Å². The zero-order valence-corrected chi connectivity index (χ0v) is 17.6. The van der Waals surface area contributed by atoms with Crippen LogP contribution in [0.3, 0.4) is 0 Å². The molecule has 7 nitrogen and oxygen atoms in total. The molecule has 0 aliphatic heterocycles. The second-order valence-corrected chi connectivity index (χ2v) is 8.97. The van der Waals surface area contributed by atoms with Crippen LogP contribution in [0.15, 0.2) is 41.5 Å². The van der Waals surface area contributed by atoms with E-state index in [1.807, 2.05) is 53.7 Å². The molecule has 1 amide bonds. The van der Waals surface area contributed by atoms with Crippen molar-refractivity contribution >= 4 is 17.8 Å². The minimum Gasteiger partial charge on any atom is -0.507 e. The van der Waals surface area contributed by atoms with Gasteiger partial charge in [0.1, 0.15) is 5.75 Å². The van der Waals surface area contributed by atoms with Crippen LogP contribution in [0, 0.1) is 10.1 Å². The van der Waals surface area contributed by atoms with Gasteiger partial charge in [-0.2, -0.15) is 5.10 Å². The lowest BCUT2D eigenvalue weighted by molar-refractivity contribution is -0.384. The highest BCUT2D eigenvalue weighted by Gasteiger charge is 2.26. The Balaban J connectivity index is 2.27. The molecule has 2 aromatic rings. The number of carbonyl (C=O) groups excluding carboxylic acids is 1. The Kier molecular flexibility index (Phi) is 6.11. The molecule has 0 aliphatic rings. The molecule has 0 bridgehead atoms. The molecular weight excluding hydrogens is 370 g/mol. The fraction of sp³-hybridized carbons (Fsp3) is 0.364. The number of non-ortho nitro benzene ring substituents is 1. The number of benzene rings is 2. The molecular formula is C22H27N3O4. The van der Waals surface area contributed by atoms with Crippen LogP contribution in [0.25, 0.3) is 0 Å². The van der Waals surface area contributed by atoms with Gasteiger partial charge in [-0.1, -0.05) is 41.5 Å². The molecule has 0 saturated carbocycles. The summed E-state index contributed by atoms with van der Waals surface area (Å²) in [4.78, 5) is 22.4. The van der Waals surface area contributed by atoms with Crippen molar-refractivity contribution in [3.63, 3.8) is 0 Å². The van der Waals surface area contributed by atoms with Crippen molar-refractivity contribution in [2.45, 2.75) is 52.4 Å². The second-order valence-electron chi connectivity index (χ2n) is 8.97. The summed E-state index contributed by atoms with van der Waals surface area (Å²) in [5, 5.41) is 25.5. The van der Waals surface area contributed by atoms with E-state index in [-0.39, 0.29) is 27.8 Å². The molecule has 0 aliphatic carbocycles. The molecule has 29 heavy (non-hydrogen) atoms. The van der Waals surface area contributed by atoms with E-state index in [1.165, 1.54) is 30.5 Å². The van der Waals surface area contributed by atoms with Gasteiger partial charge in [0, 0.05) is 28.8 Å². The Labute approximate surface area is 170 Å². The maximum atomic E-state index is 12.2. The molecule has 2 rings (SSSR count). The number of aromatic hydroxyl groups is 1. The molecule has 0 radical (unpaired) electrons. The van der Waals surface area contributed by atoms with E-state index in [9.17, 15) is 20.0 Å². The molecule has 2 N–H and O–H groups in total. The number of phenols is 1. The number of hydrazone groups is 1. The van der Waals surface area contributed by atoms with Gasteiger partial charge >= 0.3 is 0 Å². The number of phenolic OH excluding ortho intramolecular Hbond substituents is 1. The molecule has 0 spiro atoms. The van der Waals surface area contributed by atoms with Gasteiger partial charge in [0.05, 0.1) is 11.1 Å². The van der Waals surface area contributed by atoms with Gasteiger partial charge in [-0.05, 0) is 40.7 Å². The van der Waals surface area contributed by atoms with Gasteiger partial charge in [0.2, 0.25) is 0 Å². The first-order valence-electron chi connectivity index (χ1n) is 9.26. The third kappa shape index (κ3) is 5.40. The molecule has 0 saturated heterocycles. The summed E-state index contributed by atoms with van der Waals surface area (Å²) in [6.07, 6.45) is 1.52. The van der Waals surface area contributed by atoms with Gasteiger partial charge < -0.3 is 5.11 Å². The first kappa shape index (κ1) is 22.1. The third-order valence-corrected chi connectivity index (χ3v) is 4.47. The van der Waals surface area contributed by atoms with E-state index in [0.29, 0.717) is 0 Å². The van der Waals surface area contributed by atoms with Gasteiger partial charge in [0.15, 0.2) is 0 Å². The lowest BCUT2D eigenvalue weighted by Crippen LogP contribution is -2.19. The molecule has 0 heterocycles. The summed E-state index contributed by atoms with van der Waals surface area (Å²) in [5.74, 6) is -0.195. The fourth-order valence-electron chi connectivity index (χ4n) is 2.84. The van der Waals surface area contributed by atoms with Crippen LogP contribution in [-0.4, -0.2) is 22.2 Å². The predicted octanol–water partition coefficient (Wildman–Crippen LogP) is 4.66. The highest BCUT2D eigenvalue weighted by atomic mass is 16.6. The van der Waals surface area contributed by atoms with Crippen molar-refractivity contribution in [2.24, 2.45) is 5.10 Å². The largest absolute Gasteiger partial charge is 0.507 e. The lowest BCUT2D eigenvalue weighted by atomic mass is 9.78. The van der Waals surface area contributed by atoms with E-state index in [4.69, 9.17) is 0 Å². The molecule has 0 unspecified atom stereocenters. The summed E-state index contributed by atoms with van der Waals surface area (Å²) < 4.78 is 0. The first-order valence-corrected chi connectivity index (χ1v) is 9.26. The fourth-order valence-corrected chi connectivity index (χ4v) is 2.84. The van der Waals surface area contributed by atoms with E-state index in [0.717, 1.165) is 16.7 Å².